The highest BCUT2D eigenvalue weighted by Crippen LogP contribution is 2.22. The molecular formula is C23H28F3N5O8. The third-order valence-corrected chi connectivity index (χ3v) is 5.97. The number of alkyl halides is 3. The molecule has 2 saturated heterocycles. The van der Waals surface area contributed by atoms with Crippen molar-refractivity contribution in [3.63, 3.8) is 0 Å². The van der Waals surface area contributed by atoms with Crippen molar-refractivity contribution in [1.82, 2.24) is 15.5 Å². The van der Waals surface area contributed by atoms with Gasteiger partial charge in [0.15, 0.2) is 0 Å². The Hall–Kier alpha value is -4.24. The topological polar surface area (TPSA) is 188 Å². The van der Waals surface area contributed by atoms with E-state index in [0.29, 0.717) is 37.9 Å². The predicted octanol–water partition coefficient (Wildman–Crippen LogP) is 1.58. The molecule has 1 aromatic carbocycles. The van der Waals surface area contributed by atoms with Crippen LogP contribution in [0.1, 0.15) is 39.5 Å². The van der Waals surface area contributed by atoms with E-state index in [2.05, 4.69) is 16.0 Å². The largest absolute Gasteiger partial charge is 0.490 e. The van der Waals surface area contributed by atoms with Gasteiger partial charge in [-0.2, -0.15) is 13.2 Å². The monoisotopic (exact) mass is 559 g/mol. The minimum absolute atomic E-state index is 0.0962. The van der Waals surface area contributed by atoms with Gasteiger partial charge in [0.2, 0.25) is 23.6 Å². The standard InChI is InChI=1S/C21H27N5O6.C2HF3O2/c1-12(2)18(20(29)22-13-5-7-14(8-6-13)26(31)32)24-19(28)16-4-3-11-25(16)21(30)15-9-10-17(27)23-15;3-2(4,5)1(6)7/h5-8,12,15-16,18H,3-4,9-11H2,1-2H3,(H,22,29)(H,23,27)(H,24,28);(H,6,7)/t15-,16-,18-;/m0./s1. The number of benzene rings is 1. The van der Waals surface area contributed by atoms with Crippen molar-refractivity contribution in [3.8, 4) is 0 Å². The predicted molar refractivity (Wildman–Crippen MR) is 128 cm³/mol. The van der Waals surface area contributed by atoms with Gasteiger partial charge in [-0.15, -0.1) is 0 Å². The molecule has 0 unspecified atom stereocenters. The number of hydrogen-bond acceptors (Lipinski definition) is 7. The number of aliphatic carboxylic acids is 1. The van der Waals surface area contributed by atoms with E-state index in [1.807, 2.05) is 0 Å². The highest BCUT2D eigenvalue weighted by Gasteiger charge is 2.40. The summed E-state index contributed by atoms with van der Waals surface area (Å²) in [5.41, 5.74) is 0.274. The number of nitrogens with one attached hydrogen (secondary N) is 3. The van der Waals surface area contributed by atoms with Gasteiger partial charge < -0.3 is 26.0 Å². The van der Waals surface area contributed by atoms with Crippen molar-refractivity contribution in [2.75, 3.05) is 11.9 Å². The number of carboxylic acids is 1. The van der Waals surface area contributed by atoms with Gasteiger partial charge in [0.1, 0.15) is 18.1 Å². The second-order valence-electron chi connectivity index (χ2n) is 9.17. The van der Waals surface area contributed by atoms with Crippen LogP contribution in [0.15, 0.2) is 24.3 Å². The summed E-state index contributed by atoms with van der Waals surface area (Å²) in [4.78, 5) is 70.6. The Morgan fingerprint density at radius 3 is 2.21 bits per heavy atom. The Morgan fingerprint density at radius 2 is 1.74 bits per heavy atom. The molecule has 0 spiro atoms. The van der Waals surface area contributed by atoms with Gasteiger partial charge in [0, 0.05) is 30.8 Å². The summed E-state index contributed by atoms with van der Waals surface area (Å²) in [6.45, 7) is 3.99. The molecule has 3 rings (SSSR count). The van der Waals surface area contributed by atoms with Gasteiger partial charge in [0.05, 0.1) is 4.92 Å². The number of carbonyl (C=O) groups is 5. The zero-order valence-electron chi connectivity index (χ0n) is 21.0. The maximum atomic E-state index is 13.0. The lowest BCUT2D eigenvalue weighted by Crippen LogP contribution is -2.55. The molecule has 3 atom stereocenters. The maximum absolute atomic E-state index is 13.0. The van der Waals surface area contributed by atoms with Gasteiger partial charge in [-0.25, -0.2) is 4.79 Å². The minimum atomic E-state index is -5.08. The number of nitro groups is 1. The molecule has 0 aliphatic carbocycles. The van der Waals surface area contributed by atoms with E-state index in [4.69, 9.17) is 9.90 Å². The van der Waals surface area contributed by atoms with Crippen molar-refractivity contribution < 1.29 is 47.2 Å². The fraction of sp³-hybridized carbons (Fsp3) is 0.522. The summed E-state index contributed by atoms with van der Waals surface area (Å²) in [5, 5.41) is 26.0. The quantitative estimate of drug-likeness (QED) is 0.286. The van der Waals surface area contributed by atoms with Crippen molar-refractivity contribution in [2.45, 2.75) is 63.8 Å². The number of rotatable bonds is 7. The van der Waals surface area contributed by atoms with Crippen LogP contribution in [0.5, 0.6) is 0 Å². The van der Waals surface area contributed by atoms with Crippen molar-refractivity contribution in [1.29, 1.82) is 0 Å². The van der Waals surface area contributed by atoms with E-state index in [-0.39, 0.29) is 23.4 Å². The summed E-state index contributed by atoms with van der Waals surface area (Å²) < 4.78 is 31.7. The number of hydrogen-bond donors (Lipinski definition) is 4. The van der Waals surface area contributed by atoms with Crippen LogP contribution < -0.4 is 16.0 Å². The molecule has 4 N–H and O–H groups in total. The first-order chi connectivity index (χ1) is 18.1. The lowest BCUT2D eigenvalue weighted by molar-refractivity contribution is -0.384. The summed E-state index contributed by atoms with van der Waals surface area (Å²) in [5.74, 6) is -4.32. The van der Waals surface area contributed by atoms with Crippen LogP contribution in [-0.2, 0) is 24.0 Å². The molecule has 13 nitrogen and oxygen atoms in total. The molecular weight excluding hydrogens is 531 g/mol. The molecule has 0 radical (unpaired) electrons. The van der Waals surface area contributed by atoms with Crippen molar-refractivity contribution in [2.24, 2.45) is 5.92 Å². The molecule has 214 valence electrons. The van der Waals surface area contributed by atoms with Gasteiger partial charge in [-0.1, -0.05) is 13.8 Å². The number of carboxylic acid groups (broad SMARTS) is 1. The lowest BCUT2D eigenvalue weighted by atomic mass is 10.0. The highest BCUT2D eigenvalue weighted by atomic mass is 19.4. The molecule has 2 heterocycles. The fourth-order valence-corrected chi connectivity index (χ4v) is 3.97. The molecule has 4 amide bonds. The van der Waals surface area contributed by atoms with Crippen LogP contribution in [0.4, 0.5) is 24.5 Å². The molecule has 16 heteroatoms. The molecule has 39 heavy (non-hydrogen) atoms. The Labute approximate surface area is 220 Å². The van der Waals surface area contributed by atoms with Crippen LogP contribution in [0.25, 0.3) is 0 Å². The van der Waals surface area contributed by atoms with E-state index in [9.17, 15) is 42.5 Å². The second kappa shape index (κ2) is 13.0. The normalized spacial score (nSPS) is 19.4. The SMILES string of the molecule is CC(C)[C@H](NC(=O)[C@@H]1CCCN1C(=O)[C@@H]1CCC(=O)N1)C(=O)Nc1ccc([N+](=O)[O-])cc1.O=C(O)C(F)(F)F. The number of non-ortho nitro benzene ring substituents is 1. The fourth-order valence-electron chi connectivity index (χ4n) is 3.97. The van der Waals surface area contributed by atoms with E-state index in [1.54, 1.807) is 13.8 Å². The molecule has 1 aromatic rings. The Morgan fingerprint density at radius 1 is 1.15 bits per heavy atom. The van der Waals surface area contributed by atoms with Crippen LogP contribution in [0, 0.1) is 16.0 Å². The second-order valence-corrected chi connectivity index (χ2v) is 9.17. The third-order valence-electron chi connectivity index (χ3n) is 5.97. The van der Waals surface area contributed by atoms with Crippen molar-refractivity contribution in [3.05, 3.63) is 34.4 Å². The average molecular weight is 559 g/mol. The van der Waals surface area contributed by atoms with E-state index < -0.39 is 47.0 Å². The Kier molecular flexibility index (Phi) is 10.3. The molecule has 0 bridgehead atoms. The summed E-state index contributed by atoms with van der Waals surface area (Å²) in [6, 6.07) is 3.23. The maximum Gasteiger partial charge on any atom is 0.490 e. The summed E-state index contributed by atoms with van der Waals surface area (Å²) >= 11 is 0. The Bertz CT molecular complexity index is 1110. The van der Waals surface area contributed by atoms with E-state index >= 15 is 0 Å². The number of nitro benzene ring substituents is 1. The molecule has 2 fully saturated rings. The van der Waals surface area contributed by atoms with Gasteiger partial charge in [-0.05, 0) is 37.3 Å². The number of amides is 4. The number of carbonyl (C=O) groups excluding carboxylic acids is 4. The highest BCUT2D eigenvalue weighted by molar-refractivity contribution is 5.99. The third kappa shape index (κ3) is 8.65. The van der Waals surface area contributed by atoms with Crippen LogP contribution in [-0.4, -0.2) is 75.4 Å². The van der Waals surface area contributed by atoms with Crippen molar-refractivity contribution >= 4 is 41.0 Å². The molecule has 2 aliphatic rings. The number of halogens is 3. The van der Waals surface area contributed by atoms with Gasteiger partial charge in [0.25, 0.3) is 5.69 Å². The zero-order valence-corrected chi connectivity index (χ0v) is 21.0. The summed E-state index contributed by atoms with van der Waals surface area (Å²) in [6.07, 6.45) is -3.24. The van der Waals surface area contributed by atoms with Crippen LogP contribution in [0.3, 0.4) is 0 Å². The van der Waals surface area contributed by atoms with E-state index in [1.165, 1.54) is 29.2 Å². The zero-order chi connectivity index (χ0) is 29.5. The number of anilines is 1. The van der Waals surface area contributed by atoms with Gasteiger partial charge in [-0.3, -0.25) is 29.3 Å². The smallest absolute Gasteiger partial charge is 0.475 e. The number of likely N-dealkylation sites (tertiary alicyclic amines) is 1. The first-order valence-electron chi connectivity index (χ1n) is 11.9. The molecule has 0 aromatic heterocycles. The number of nitrogens with zero attached hydrogens (tertiary/aromatic N) is 2. The Balaban J connectivity index is 0.000000673. The van der Waals surface area contributed by atoms with E-state index in [0.717, 1.165) is 0 Å². The molecule has 2 aliphatic heterocycles. The van der Waals surface area contributed by atoms with Crippen LogP contribution in [0.2, 0.25) is 0 Å². The minimum Gasteiger partial charge on any atom is -0.475 e. The molecule has 0 saturated carbocycles. The van der Waals surface area contributed by atoms with Crippen LogP contribution >= 0.6 is 0 Å². The average Bonchev–Trinajstić information content (AvgIpc) is 3.51. The first kappa shape index (κ1) is 31.0. The first-order valence-corrected chi connectivity index (χ1v) is 11.9. The summed E-state index contributed by atoms with van der Waals surface area (Å²) in [7, 11) is 0. The van der Waals surface area contributed by atoms with Gasteiger partial charge >= 0.3 is 12.1 Å². The lowest BCUT2D eigenvalue weighted by Gasteiger charge is -2.29.